The van der Waals surface area contributed by atoms with Gasteiger partial charge >= 0.3 is 12.0 Å². The molecule has 0 aromatic carbocycles. The molecule has 18 heavy (non-hydrogen) atoms. The molecule has 0 saturated carbocycles. The van der Waals surface area contributed by atoms with Gasteiger partial charge < -0.3 is 25.9 Å². The van der Waals surface area contributed by atoms with E-state index in [-0.39, 0.29) is 6.54 Å². The molecule has 0 fully saturated rings. The van der Waals surface area contributed by atoms with E-state index in [0.29, 0.717) is 0 Å². The molecule has 1 unspecified atom stereocenters. The van der Waals surface area contributed by atoms with Crippen molar-refractivity contribution in [3.8, 4) is 0 Å². The normalized spacial score (nSPS) is 11.6. The highest BCUT2D eigenvalue weighted by Crippen LogP contribution is 1.98. The molecule has 5 N–H and O–H groups in total. The van der Waals surface area contributed by atoms with Gasteiger partial charge in [-0.1, -0.05) is 0 Å². The van der Waals surface area contributed by atoms with Crippen LogP contribution in [0.5, 0.6) is 0 Å². The van der Waals surface area contributed by atoms with Gasteiger partial charge in [-0.3, -0.25) is 4.79 Å². The highest BCUT2D eigenvalue weighted by atomic mass is 16.4. The van der Waals surface area contributed by atoms with Gasteiger partial charge in [0.05, 0.1) is 18.9 Å². The zero-order valence-corrected chi connectivity index (χ0v) is 9.38. The first kappa shape index (κ1) is 13.6. The molecular weight excluding hydrogens is 242 g/mol. The molecule has 98 valence electrons. The minimum absolute atomic E-state index is 0.186. The number of primary amides is 1. The summed E-state index contributed by atoms with van der Waals surface area (Å²) in [5.41, 5.74) is 5.60. The van der Waals surface area contributed by atoms with Gasteiger partial charge in [-0.25, -0.2) is 9.59 Å². The number of carboxylic acid groups (broad SMARTS) is 1. The lowest BCUT2D eigenvalue weighted by Gasteiger charge is -2.13. The van der Waals surface area contributed by atoms with Crippen molar-refractivity contribution < 1.29 is 23.9 Å². The maximum Gasteiger partial charge on any atom is 0.326 e. The van der Waals surface area contributed by atoms with Gasteiger partial charge in [0, 0.05) is 12.1 Å². The zero-order chi connectivity index (χ0) is 13.5. The molecule has 0 aliphatic heterocycles. The molecule has 0 radical (unpaired) electrons. The van der Waals surface area contributed by atoms with Gasteiger partial charge in [0.2, 0.25) is 5.91 Å². The number of nitrogens with two attached hydrogens (primary N) is 1. The van der Waals surface area contributed by atoms with Crippen molar-refractivity contribution >= 4 is 17.9 Å². The van der Waals surface area contributed by atoms with E-state index in [9.17, 15) is 14.4 Å². The van der Waals surface area contributed by atoms with E-state index in [2.05, 4.69) is 10.6 Å². The number of rotatable bonds is 6. The minimum Gasteiger partial charge on any atom is -0.480 e. The van der Waals surface area contributed by atoms with Gasteiger partial charge in [-0.15, -0.1) is 0 Å². The Kier molecular flexibility index (Phi) is 4.73. The number of nitrogens with one attached hydrogen (secondary N) is 2. The Labute approximate surface area is 102 Å². The van der Waals surface area contributed by atoms with Crippen LogP contribution in [0.25, 0.3) is 0 Å². The second-order valence-electron chi connectivity index (χ2n) is 3.52. The maximum atomic E-state index is 11.4. The van der Waals surface area contributed by atoms with E-state index in [1.54, 1.807) is 6.07 Å². The number of carbonyl (C=O) groups excluding carboxylic acids is 2. The lowest BCUT2D eigenvalue weighted by atomic mass is 10.2. The van der Waals surface area contributed by atoms with Crippen molar-refractivity contribution in [1.82, 2.24) is 10.6 Å². The molecular formula is C10H13N3O5. The second kappa shape index (κ2) is 6.28. The molecule has 1 atom stereocenters. The van der Waals surface area contributed by atoms with Crippen molar-refractivity contribution in [3.63, 3.8) is 0 Å². The van der Waals surface area contributed by atoms with Gasteiger partial charge in [0.25, 0.3) is 0 Å². The summed E-state index contributed by atoms with van der Waals surface area (Å²) >= 11 is 0. The molecule has 1 aromatic heterocycles. The molecule has 0 spiro atoms. The third kappa shape index (κ3) is 4.56. The minimum atomic E-state index is -1.34. The number of urea groups is 1. The first-order valence-corrected chi connectivity index (χ1v) is 5.05. The van der Waals surface area contributed by atoms with Crippen LogP contribution in [-0.2, 0) is 16.1 Å². The van der Waals surface area contributed by atoms with E-state index in [0.717, 1.165) is 5.56 Å². The molecule has 8 heteroatoms. The smallest absolute Gasteiger partial charge is 0.326 e. The monoisotopic (exact) mass is 255 g/mol. The Morgan fingerprint density at radius 3 is 2.67 bits per heavy atom. The molecule has 0 saturated heterocycles. The van der Waals surface area contributed by atoms with Crippen molar-refractivity contribution in [2.75, 3.05) is 0 Å². The molecule has 3 amide bonds. The average Bonchev–Trinajstić information content (AvgIpc) is 2.77. The lowest BCUT2D eigenvalue weighted by Crippen LogP contribution is -2.47. The third-order valence-electron chi connectivity index (χ3n) is 2.04. The van der Waals surface area contributed by atoms with Crippen molar-refractivity contribution in [3.05, 3.63) is 24.2 Å². The highest BCUT2D eigenvalue weighted by Gasteiger charge is 2.21. The van der Waals surface area contributed by atoms with Crippen molar-refractivity contribution in [1.29, 1.82) is 0 Å². The fourth-order valence-electron chi connectivity index (χ4n) is 1.19. The fourth-order valence-corrected chi connectivity index (χ4v) is 1.19. The van der Waals surface area contributed by atoms with Gasteiger partial charge in [0.1, 0.15) is 6.04 Å². The lowest BCUT2D eigenvalue weighted by molar-refractivity contribution is -0.140. The van der Waals surface area contributed by atoms with Crippen LogP contribution in [0.15, 0.2) is 23.0 Å². The summed E-state index contributed by atoms with van der Waals surface area (Å²) in [5, 5.41) is 13.3. The molecule has 1 heterocycles. The summed E-state index contributed by atoms with van der Waals surface area (Å²) < 4.78 is 4.79. The highest BCUT2D eigenvalue weighted by molar-refractivity contribution is 5.87. The van der Waals surface area contributed by atoms with Crippen LogP contribution < -0.4 is 16.4 Å². The van der Waals surface area contributed by atoms with E-state index in [4.69, 9.17) is 15.3 Å². The van der Waals surface area contributed by atoms with Crippen LogP contribution >= 0.6 is 0 Å². The van der Waals surface area contributed by atoms with Gasteiger partial charge in [-0.2, -0.15) is 0 Å². The third-order valence-corrected chi connectivity index (χ3v) is 2.04. The first-order valence-electron chi connectivity index (χ1n) is 5.05. The number of carboxylic acids is 1. The first-order chi connectivity index (χ1) is 8.49. The fraction of sp³-hybridized carbons (Fsp3) is 0.300. The number of hydrogen-bond acceptors (Lipinski definition) is 4. The molecule has 1 aromatic rings. The van der Waals surface area contributed by atoms with Gasteiger partial charge in [-0.05, 0) is 6.07 Å². The summed E-state index contributed by atoms with van der Waals surface area (Å²) in [4.78, 5) is 32.7. The summed E-state index contributed by atoms with van der Waals surface area (Å²) in [6, 6.07) is -0.394. The largest absolute Gasteiger partial charge is 0.480 e. The van der Waals surface area contributed by atoms with E-state index < -0.39 is 30.4 Å². The molecule has 8 nitrogen and oxygen atoms in total. The van der Waals surface area contributed by atoms with Crippen molar-refractivity contribution in [2.24, 2.45) is 5.73 Å². The maximum absolute atomic E-state index is 11.4. The Balaban J connectivity index is 2.41. The predicted octanol–water partition coefficient (Wildman–Crippen LogP) is -0.593. The number of furan rings is 1. The Morgan fingerprint density at radius 2 is 2.17 bits per heavy atom. The topological polar surface area (TPSA) is 135 Å². The predicted molar refractivity (Wildman–Crippen MR) is 59.3 cm³/mol. The molecule has 1 rings (SSSR count). The average molecular weight is 255 g/mol. The van der Waals surface area contributed by atoms with Crippen LogP contribution in [0, 0.1) is 0 Å². The van der Waals surface area contributed by atoms with Crippen LogP contribution in [-0.4, -0.2) is 29.1 Å². The quantitative estimate of drug-likeness (QED) is 0.538. The number of hydrogen-bond donors (Lipinski definition) is 4. The zero-order valence-electron chi connectivity index (χ0n) is 9.38. The summed E-state index contributed by atoms with van der Waals surface area (Å²) in [5.74, 6) is -2.13. The van der Waals surface area contributed by atoms with Gasteiger partial charge in [0.15, 0.2) is 0 Å². The van der Waals surface area contributed by atoms with Crippen molar-refractivity contribution in [2.45, 2.75) is 19.0 Å². The number of amides is 3. The standard InChI is InChI=1S/C10H13N3O5/c11-8(14)3-7(9(15)16)13-10(17)12-4-6-1-2-18-5-6/h1-2,5,7H,3-4H2,(H2,11,14)(H,15,16)(H2,12,13,17). The number of aliphatic carboxylic acids is 1. The molecule has 0 aliphatic carbocycles. The van der Waals surface area contributed by atoms with Crippen LogP contribution in [0.2, 0.25) is 0 Å². The van der Waals surface area contributed by atoms with Crippen LogP contribution in [0.3, 0.4) is 0 Å². The summed E-state index contributed by atoms with van der Waals surface area (Å²) in [6.07, 6.45) is 2.43. The van der Waals surface area contributed by atoms with E-state index >= 15 is 0 Å². The second-order valence-corrected chi connectivity index (χ2v) is 3.52. The molecule has 0 aliphatic rings. The van der Waals surface area contributed by atoms with Crippen LogP contribution in [0.1, 0.15) is 12.0 Å². The molecule has 0 bridgehead atoms. The van der Waals surface area contributed by atoms with E-state index in [1.807, 2.05) is 0 Å². The summed E-state index contributed by atoms with van der Waals surface area (Å²) in [6.45, 7) is 0.186. The number of carbonyl (C=O) groups is 3. The van der Waals surface area contributed by atoms with Crippen LogP contribution in [0.4, 0.5) is 4.79 Å². The van der Waals surface area contributed by atoms with E-state index in [1.165, 1.54) is 12.5 Å². The Morgan fingerprint density at radius 1 is 1.44 bits per heavy atom. The SMILES string of the molecule is NC(=O)CC(NC(=O)NCc1ccoc1)C(=O)O. The summed E-state index contributed by atoms with van der Waals surface area (Å²) in [7, 11) is 0. The Bertz CT molecular complexity index is 429. The Hall–Kier alpha value is -2.51.